The van der Waals surface area contributed by atoms with Crippen molar-refractivity contribution in [3.8, 4) is 0 Å². The number of likely N-dealkylation sites (tertiary alicyclic amines) is 1. The highest BCUT2D eigenvalue weighted by Gasteiger charge is 2.36. The number of nitrogens with zero attached hydrogens (tertiary/aromatic N) is 5. The number of halogens is 3. The van der Waals surface area contributed by atoms with E-state index >= 15 is 0 Å². The zero-order valence-corrected chi connectivity index (χ0v) is 24.9. The zero-order chi connectivity index (χ0) is 30.2. The molecule has 0 aliphatic carbocycles. The average molecular weight is 594 g/mol. The Balaban J connectivity index is 1.20. The number of benzene rings is 2. The fraction of sp³-hybridized carbons (Fsp3) is 0.471. The maximum atomic E-state index is 13.3. The van der Waals surface area contributed by atoms with E-state index in [0.29, 0.717) is 43.7 Å². The summed E-state index contributed by atoms with van der Waals surface area (Å²) in [5, 5.41) is 0. The van der Waals surface area contributed by atoms with Crippen LogP contribution in [0.5, 0.6) is 0 Å². The van der Waals surface area contributed by atoms with Gasteiger partial charge >= 0.3 is 6.18 Å². The first kappa shape index (κ1) is 31.0. The summed E-state index contributed by atoms with van der Waals surface area (Å²) in [4.78, 5) is 26.4. The van der Waals surface area contributed by atoms with Crippen molar-refractivity contribution in [2.75, 3.05) is 57.8 Å². The molecule has 2 saturated heterocycles. The van der Waals surface area contributed by atoms with E-state index in [1.54, 1.807) is 12.3 Å². The van der Waals surface area contributed by atoms with E-state index < -0.39 is 11.7 Å². The van der Waals surface area contributed by atoms with Crippen LogP contribution in [-0.4, -0.2) is 84.5 Å². The number of hydrogen-bond donors (Lipinski definition) is 0. The van der Waals surface area contributed by atoms with Crippen molar-refractivity contribution in [1.29, 1.82) is 0 Å². The molecule has 0 saturated carbocycles. The summed E-state index contributed by atoms with van der Waals surface area (Å²) >= 11 is 0. The van der Waals surface area contributed by atoms with Gasteiger partial charge in [0.05, 0.1) is 5.56 Å². The maximum absolute atomic E-state index is 13.3. The number of piperazine rings is 1. The number of pyridine rings is 1. The van der Waals surface area contributed by atoms with E-state index in [4.69, 9.17) is 0 Å². The van der Waals surface area contributed by atoms with Crippen molar-refractivity contribution < 1.29 is 18.0 Å². The van der Waals surface area contributed by atoms with Crippen molar-refractivity contribution in [2.24, 2.45) is 5.92 Å². The van der Waals surface area contributed by atoms with E-state index in [1.807, 2.05) is 36.2 Å². The summed E-state index contributed by atoms with van der Waals surface area (Å²) in [5.74, 6) is 0.495. The second-order valence-corrected chi connectivity index (χ2v) is 11.8. The van der Waals surface area contributed by atoms with E-state index in [1.165, 1.54) is 17.7 Å². The van der Waals surface area contributed by atoms with Crippen LogP contribution in [0.1, 0.15) is 36.1 Å². The average Bonchev–Trinajstić information content (AvgIpc) is 3.03. The zero-order valence-electron chi connectivity index (χ0n) is 24.9. The lowest BCUT2D eigenvalue weighted by molar-refractivity contribution is -0.137. The molecular weight excluding hydrogens is 551 g/mol. The molecule has 5 rings (SSSR count). The predicted octanol–water partition coefficient (Wildman–Crippen LogP) is 5.59. The second-order valence-electron chi connectivity index (χ2n) is 11.8. The Hall–Kier alpha value is -3.43. The van der Waals surface area contributed by atoms with Crippen LogP contribution in [0, 0.1) is 5.92 Å². The topological polar surface area (TPSA) is 42.9 Å². The van der Waals surface area contributed by atoms with Crippen LogP contribution >= 0.6 is 0 Å². The fourth-order valence-electron chi connectivity index (χ4n) is 6.49. The molecule has 2 aromatic carbocycles. The fourth-order valence-corrected chi connectivity index (χ4v) is 6.49. The van der Waals surface area contributed by atoms with E-state index in [2.05, 4.69) is 43.9 Å². The molecule has 0 bridgehead atoms. The Labute approximate surface area is 253 Å². The molecule has 2 aliphatic heterocycles. The van der Waals surface area contributed by atoms with Crippen molar-refractivity contribution in [3.63, 3.8) is 0 Å². The minimum absolute atomic E-state index is 0.157. The Morgan fingerprint density at radius 1 is 0.953 bits per heavy atom. The van der Waals surface area contributed by atoms with Gasteiger partial charge in [0.15, 0.2) is 0 Å². The molecule has 0 radical (unpaired) electrons. The monoisotopic (exact) mass is 593 g/mol. The second kappa shape index (κ2) is 14.4. The Morgan fingerprint density at radius 3 is 2.44 bits per heavy atom. The Bertz CT molecular complexity index is 1300. The van der Waals surface area contributed by atoms with Crippen molar-refractivity contribution in [2.45, 2.75) is 44.4 Å². The highest BCUT2D eigenvalue weighted by atomic mass is 19.4. The molecule has 1 aromatic heterocycles. The third-order valence-electron chi connectivity index (χ3n) is 8.93. The lowest BCUT2D eigenvalue weighted by Crippen LogP contribution is -2.56. The van der Waals surface area contributed by atoms with Crippen molar-refractivity contribution >= 4 is 11.6 Å². The molecule has 230 valence electrons. The van der Waals surface area contributed by atoms with Crippen molar-refractivity contribution in [1.82, 2.24) is 19.7 Å². The molecule has 3 heterocycles. The number of carbonyl (C=O) groups excluding carboxylic acids is 1. The van der Waals surface area contributed by atoms with Gasteiger partial charge in [-0.15, -0.1) is 0 Å². The lowest BCUT2D eigenvalue weighted by Gasteiger charge is -2.47. The van der Waals surface area contributed by atoms with Gasteiger partial charge in [0.2, 0.25) is 5.91 Å². The van der Waals surface area contributed by atoms with Gasteiger partial charge in [-0.1, -0.05) is 42.5 Å². The van der Waals surface area contributed by atoms with Crippen LogP contribution in [0.4, 0.5) is 18.9 Å². The third kappa shape index (κ3) is 8.57. The van der Waals surface area contributed by atoms with E-state index in [0.717, 1.165) is 63.7 Å². The number of carbonyl (C=O) groups is 1. The number of rotatable bonds is 10. The third-order valence-corrected chi connectivity index (χ3v) is 8.93. The smallest absolute Gasteiger partial charge is 0.369 e. The van der Waals surface area contributed by atoms with Gasteiger partial charge in [-0.2, -0.15) is 13.2 Å². The normalized spacial score (nSPS) is 20.2. The number of piperidine rings is 1. The predicted molar refractivity (Wildman–Crippen MR) is 164 cm³/mol. The van der Waals surface area contributed by atoms with Crippen LogP contribution in [-0.2, 0) is 23.9 Å². The van der Waals surface area contributed by atoms with Gasteiger partial charge in [-0.3, -0.25) is 19.6 Å². The highest BCUT2D eigenvalue weighted by molar-refractivity contribution is 5.75. The first-order chi connectivity index (χ1) is 20.8. The summed E-state index contributed by atoms with van der Waals surface area (Å²) in [7, 11) is 1.87. The SMILES string of the molecule is CN(CCc1ccccn1)C(=O)CC[C@@H]1CN(Cc2ccccc2)CC[C@@H]1N1CCN(c2cccc(C(F)(F)F)c2)CC1. The lowest BCUT2D eigenvalue weighted by atomic mass is 9.86. The molecule has 2 fully saturated rings. The molecule has 2 atom stereocenters. The number of likely N-dealkylation sites (N-methyl/N-ethyl adjacent to an activating group) is 1. The molecule has 1 amide bonds. The van der Waals surface area contributed by atoms with Crippen LogP contribution in [0.25, 0.3) is 0 Å². The minimum atomic E-state index is -4.34. The van der Waals surface area contributed by atoms with Gasteiger partial charge in [-0.05, 0) is 61.2 Å². The Morgan fingerprint density at radius 2 is 1.72 bits per heavy atom. The number of alkyl halides is 3. The van der Waals surface area contributed by atoms with Gasteiger partial charge in [0.25, 0.3) is 0 Å². The standard InChI is InChI=1S/C34H42F3N5O/c1-39(18-15-30-11-5-6-17-38-30)33(43)14-13-28-26-40(25-27-8-3-2-4-9-27)19-16-32(28)42-22-20-41(21-23-42)31-12-7-10-29(24-31)34(35,36)37/h2-12,17,24,28,32H,13-16,18-23,25-26H2,1H3/t28-,32+/m1/s1. The van der Waals surface area contributed by atoms with Gasteiger partial charge in [-0.25, -0.2) is 0 Å². The molecular formula is C34H42F3N5O. The van der Waals surface area contributed by atoms with Crippen LogP contribution in [0.3, 0.4) is 0 Å². The number of amides is 1. The van der Waals surface area contributed by atoms with Crippen LogP contribution < -0.4 is 4.90 Å². The number of hydrogen-bond acceptors (Lipinski definition) is 5. The molecule has 0 spiro atoms. The van der Waals surface area contributed by atoms with Gasteiger partial charge < -0.3 is 9.80 Å². The Kier molecular flexibility index (Phi) is 10.4. The van der Waals surface area contributed by atoms with Gasteiger partial charge in [0.1, 0.15) is 0 Å². The molecule has 0 N–H and O–H groups in total. The molecule has 6 nitrogen and oxygen atoms in total. The van der Waals surface area contributed by atoms with Crippen molar-refractivity contribution in [3.05, 3.63) is 95.8 Å². The largest absolute Gasteiger partial charge is 0.416 e. The highest BCUT2D eigenvalue weighted by Crippen LogP contribution is 2.33. The molecule has 3 aromatic rings. The number of anilines is 1. The molecule has 0 unspecified atom stereocenters. The van der Waals surface area contributed by atoms with E-state index in [-0.39, 0.29) is 5.91 Å². The summed E-state index contributed by atoms with van der Waals surface area (Å²) < 4.78 is 39.9. The molecule has 2 aliphatic rings. The minimum Gasteiger partial charge on any atom is -0.369 e. The summed E-state index contributed by atoms with van der Waals surface area (Å²) in [6.45, 7) is 6.43. The van der Waals surface area contributed by atoms with Crippen LogP contribution in [0.15, 0.2) is 79.0 Å². The first-order valence-corrected chi connectivity index (χ1v) is 15.3. The summed E-state index contributed by atoms with van der Waals surface area (Å²) in [6, 6.07) is 22.3. The maximum Gasteiger partial charge on any atom is 0.416 e. The first-order valence-electron chi connectivity index (χ1n) is 15.3. The van der Waals surface area contributed by atoms with Crippen LogP contribution in [0.2, 0.25) is 0 Å². The quantitative estimate of drug-likeness (QED) is 0.307. The molecule has 43 heavy (non-hydrogen) atoms. The van der Waals surface area contributed by atoms with Gasteiger partial charge in [0, 0.05) is 89.3 Å². The summed E-state index contributed by atoms with van der Waals surface area (Å²) in [6.07, 6.45) is 0.504. The van der Waals surface area contributed by atoms with E-state index in [9.17, 15) is 18.0 Å². The number of aromatic nitrogens is 1. The summed E-state index contributed by atoms with van der Waals surface area (Å²) in [5.41, 5.74) is 2.30. The molecule has 9 heteroatoms.